The molecule has 0 N–H and O–H groups in total. The fourth-order valence-electron chi connectivity index (χ4n) is 2.76. The van der Waals surface area contributed by atoms with E-state index in [4.69, 9.17) is 9.26 Å². The number of esters is 1. The Morgan fingerprint density at radius 1 is 0.833 bits per heavy atom. The van der Waals surface area contributed by atoms with E-state index < -0.39 is 0 Å². The maximum atomic E-state index is 11.4. The number of carbonyl (C=O) groups is 1. The lowest BCUT2D eigenvalue weighted by molar-refractivity contribution is -0.890. The summed E-state index contributed by atoms with van der Waals surface area (Å²) in [5.74, 6) is -0.170. The van der Waals surface area contributed by atoms with Crippen LogP contribution in [0.5, 0.6) is 0 Å². The average molecular weight is 363 g/mol. The Bertz CT molecular complexity index is 298. The van der Waals surface area contributed by atoms with Crippen LogP contribution in [-0.4, -0.2) is 50.9 Å². The molecule has 0 heterocycles. The molecule has 0 spiro atoms. The Morgan fingerprint density at radius 2 is 1.38 bits per heavy atom. The molecule has 0 aliphatic carbocycles. The zero-order chi connectivity index (χ0) is 18.1. The topological polar surface area (TPSA) is 35.5 Å². The molecule has 0 rings (SSSR count). The van der Waals surface area contributed by atoms with Crippen LogP contribution < -0.4 is 0 Å². The molecule has 0 saturated carbocycles. The number of likely N-dealkylation sites (N-methyl/N-ethyl adjacent to an activating group) is 1. The Balaban J connectivity index is 3.45. The van der Waals surface area contributed by atoms with E-state index in [-0.39, 0.29) is 5.97 Å². The molecule has 0 saturated heterocycles. The maximum Gasteiger partial charge on any atom is 0.308 e. The van der Waals surface area contributed by atoms with Gasteiger partial charge in [0, 0.05) is 9.47 Å². The van der Waals surface area contributed by atoms with Crippen molar-refractivity contribution in [2.45, 2.75) is 77.6 Å². The maximum absolute atomic E-state index is 11.4. The molecule has 0 fully saturated rings. The summed E-state index contributed by atoms with van der Waals surface area (Å²) in [6.07, 6.45) is 14.0. The minimum Gasteiger partial charge on any atom is -0.460 e. The lowest BCUT2D eigenvalue weighted by Gasteiger charge is -2.29. The number of nitrogens with zero attached hydrogens (tertiary/aromatic N) is 1. The fraction of sp³-hybridized carbons (Fsp3) is 0.947. The van der Waals surface area contributed by atoms with E-state index in [1.54, 1.807) is 0 Å². The van der Waals surface area contributed by atoms with Gasteiger partial charge < -0.3 is 13.7 Å². The van der Waals surface area contributed by atoms with Crippen molar-refractivity contribution in [2.24, 2.45) is 0 Å². The van der Waals surface area contributed by atoms with Crippen molar-refractivity contribution in [1.29, 1.82) is 0 Å². The van der Waals surface area contributed by atoms with Crippen LogP contribution in [0.1, 0.15) is 77.6 Å². The van der Waals surface area contributed by atoms with Crippen LogP contribution >= 0.6 is 9.47 Å². The van der Waals surface area contributed by atoms with E-state index >= 15 is 0 Å². The summed E-state index contributed by atoms with van der Waals surface area (Å²) in [7, 11) is 6.58. The van der Waals surface area contributed by atoms with Crippen LogP contribution in [0.2, 0.25) is 0 Å². The summed E-state index contributed by atoms with van der Waals surface area (Å²) in [6, 6.07) is 0. The van der Waals surface area contributed by atoms with Gasteiger partial charge in [-0.25, -0.2) is 0 Å². The van der Waals surface area contributed by atoms with Gasteiger partial charge in [0.05, 0.1) is 33.7 Å². The lowest BCUT2D eigenvalue weighted by Crippen LogP contribution is -2.43. The van der Waals surface area contributed by atoms with Crippen molar-refractivity contribution in [2.75, 3.05) is 40.4 Å². The van der Waals surface area contributed by atoms with E-state index in [1.165, 1.54) is 64.2 Å². The van der Waals surface area contributed by atoms with Crippen molar-refractivity contribution >= 4 is 15.4 Å². The molecule has 0 aromatic heterocycles. The lowest BCUT2D eigenvalue weighted by atomic mass is 10.1. The monoisotopic (exact) mass is 362 g/mol. The SMILES string of the molecule is CCCCCCCCCCCC[N+](C)(C)CCOC(=O)CCOP. The largest absolute Gasteiger partial charge is 0.460 e. The minimum atomic E-state index is -0.170. The van der Waals surface area contributed by atoms with Crippen LogP contribution in [0.4, 0.5) is 0 Å². The normalized spacial score (nSPS) is 11.7. The number of ether oxygens (including phenoxy) is 1. The number of hydrogen-bond donors (Lipinski definition) is 0. The highest BCUT2D eigenvalue weighted by Crippen LogP contribution is 2.11. The van der Waals surface area contributed by atoms with Gasteiger partial charge in [0.2, 0.25) is 0 Å². The number of hydrogen-bond acceptors (Lipinski definition) is 3. The van der Waals surface area contributed by atoms with Gasteiger partial charge in [-0.2, -0.15) is 0 Å². The number of rotatable bonds is 17. The molecule has 1 atom stereocenters. The smallest absolute Gasteiger partial charge is 0.308 e. The van der Waals surface area contributed by atoms with Crippen LogP contribution in [-0.2, 0) is 14.1 Å². The molecule has 5 heteroatoms. The van der Waals surface area contributed by atoms with E-state index in [1.807, 2.05) is 0 Å². The average Bonchev–Trinajstić information content (AvgIpc) is 2.54. The molecule has 1 unspecified atom stereocenters. The van der Waals surface area contributed by atoms with E-state index in [2.05, 4.69) is 30.5 Å². The Hall–Kier alpha value is -0.180. The molecule has 4 nitrogen and oxygen atoms in total. The van der Waals surface area contributed by atoms with Gasteiger partial charge in [0.25, 0.3) is 0 Å². The molecule has 0 aliphatic heterocycles. The molecule has 0 aromatic carbocycles. The van der Waals surface area contributed by atoms with Crippen LogP contribution in [0, 0.1) is 0 Å². The molecule has 0 amide bonds. The molecule has 24 heavy (non-hydrogen) atoms. The van der Waals surface area contributed by atoms with Gasteiger partial charge in [0.1, 0.15) is 13.2 Å². The van der Waals surface area contributed by atoms with Crippen molar-refractivity contribution in [3.63, 3.8) is 0 Å². The van der Waals surface area contributed by atoms with Crippen molar-refractivity contribution in [1.82, 2.24) is 0 Å². The second-order valence-electron chi connectivity index (χ2n) is 7.41. The Labute approximate surface area is 152 Å². The molecule has 0 radical (unpaired) electrons. The first kappa shape index (κ1) is 23.8. The summed E-state index contributed by atoms with van der Waals surface area (Å²) in [6.45, 7) is 5.21. The van der Waals surface area contributed by atoms with Crippen molar-refractivity contribution in [3.05, 3.63) is 0 Å². The molecule has 0 aromatic rings. The van der Waals surface area contributed by atoms with Gasteiger partial charge in [-0.1, -0.05) is 58.3 Å². The zero-order valence-electron chi connectivity index (χ0n) is 16.4. The van der Waals surface area contributed by atoms with Crippen LogP contribution in [0.25, 0.3) is 0 Å². The summed E-state index contributed by atoms with van der Waals surface area (Å²) in [5, 5.41) is 0. The number of quaternary nitrogens is 1. The third-order valence-corrected chi connectivity index (χ3v) is 4.74. The second-order valence-corrected chi connectivity index (χ2v) is 7.74. The highest BCUT2D eigenvalue weighted by Gasteiger charge is 2.15. The molecule has 0 aliphatic rings. The predicted octanol–water partition coefficient (Wildman–Crippen LogP) is 4.72. The zero-order valence-corrected chi connectivity index (χ0v) is 17.5. The van der Waals surface area contributed by atoms with Gasteiger partial charge in [-0.15, -0.1) is 0 Å². The number of carbonyl (C=O) groups excluding carboxylic acids is 1. The highest BCUT2D eigenvalue weighted by molar-refractivity contribution is 7.09. The van der Waals surface area contributed by atoms with Gasteiger partial charge in [0.15, 0.2) is 0 Å². The third-order valence-electron chi connectivity index (χ3n) is 4.50. The molecular formula is C19H41NO3P+. The summed E-state index contributed by atoms with van der Waals surface area (Å²) in [5.41, 5.74) is 0. The van der Waals surface area contributed by atoms with Crippen molar-refractivity contribution in [3.8, 4) is 0 Å². The Morgan fingerprint density at radius 3 is 1.92 bits per heavy atom. The van der Waals surface area contributed by atoms with Crippen molar-refractivity contribution < 1.29 is 18.5 Å². The van der Waals surface area contributed by atoms with E-state index in [0.717, 1.165) is 17.6 Å². The van der Waals surface area contributed by atoms with Gasteiger partial charge in [-0.05, 0) is 12.8 Å². The summed E-state index contributed by atoms with van der Waals surface area (Å²) in [4.78, 5) is 11.4. The highest BCUT2D eigenvalue weighted by atomic mass is 31.0. The van der Waals surface area contributed by atoms with Crippen LogP contribution in [0.15, 0.2) is 0 Å². The molecule has 0 bridgehead atoms. The first-order valence-electron chi connectivity index (χ1n) is 9.81. The molecule has 144 valence electrons. The van der Waals surface area contributed by atoms with Gasteiger partial charge in [-0.3, -0.25) is 4.79 Å². The van der Waals surface area contributed by atoms with E-state index in [9.17, 15) is 4.79 Å². The number of unbranched alkanes of at least 4 members (excludes halogenated alkanes) is 9. The van der Waals surface area contributed by atoms with Gasteiger partial charge >= 0.3 is 5.97 Å². The minimum absolute atomic E-state index is 0.170. The quantitative estimate of drug-likeness (QED) is 0.162. The second kappa shape index (κ2) is 16.3. The first-order valence-corrected chi connectivity index (χ1v) is 10.3. The standard InChI is InChI=1S/C19H41NO3P/c1-4-5-6-7-8-9-10-11-12-13-15-20(2,3)16-18-22-19(21)14-17-23-24/h4-18,24H2,1-3H3/q+1. The summed E-state index contributed by atoms with van der Waals surface area (Å²) < 4.78 is 10.9. The Kier molecular flexibility index (Phi) is 16.2. The summed E-state index contributed by atoms with van der Waals surface area (Å²) >= 11 is 0. The first-order chi connectivity index (χ1) is 11.5. The molecular weight excluding hydrogens is 321 g/mol. The van der Waals surface area contributed by atoms with Crippen LogP contribution in [0.3, 0.4) is 0 Å². The van der Waals surface area contributed by atoms with E-state index in [0.29, 0.717) is 19.6 Å². The predicted molar refractivity (Wildman–Crippen MR) is 105 cm³/mol. The third kappa shape index (κ3) is 16.7. The fourth-order valence-corrected chi connectivity index (χ4v) is 2.88.